The van der Waals surface area contributed by atoms with Gasteiger partial charge < -0.3 is 5.11 Å². The molecule has 51 heavy (non-hydrogen) atoms. The number of sulfonamides is 2. The molecule has 306 valence electrons. The minimum atomic E-state index is -3.81. The molecule has 0 aliphatic carbocycles. The third-order valence-electron chi connectivity index (χ3n) is 10.1. The van der Waals surface area contributed by atoms with Gasteiger partial charge in [0.1, 0.15) is 0 Å². The summed E-state index contributed by atoms with van der Waals surface area (Å²) < 4.78 is 55.2. The standard InChI is InChI=1S/C41H84N2O6S2/c1-3-5-7-9-11-13-15-17-19-21-23-25-27-29-31-33-35-37-50(46,47)42-40(39-41(44)45)43-51(48,49)38-36-34-32-30-28-26-24-22-20-18-16-14-12-10-8-6-4-2/h40,42-43H,3-39H2,1-2H3,(H,44,45). The zero-order valence-corrected chi connectivity index (χ0v) is 35.2. The summed E-state index contributed by atoms with van der Waals surface area (Å²) in [6.07, 6.45) is 39.1. The Bertz CT molecular complexity index is 905. The van der Waals surface area contributed by atoms with Gasteiger partial charge in [-0.3, -0.25) is 4.79 Å². The van der Waals surface area contributed by atoms with E-state index in [2.05, 4.69) is 23.3 Å². The van der Waals surface area contributed by atoms with Crippen LogP contribution in [0.4, 0.5) is 0 Å². The molecule has 0 saturated carbocycles. The summed E-state index contributed by atoms with van der Waals surface area (Å²) in [5.74, 6) is -1.54. The van der Waals surface area contributed by atoms with E-state index in [4.69, 9.17) is 0 Å². The molecule has 0 spiro atoms. The fourth-order valence-corrected chi connectivity index (χ4v) is 9.50. The van der Waals surface area contributed by atoms with Crippen LogP contribution in [0.3, 0.4) is 0 Å². The molecule has 0 aliphatic rings. The van der Waals surface area contributed by atoms with Crippen LogP contribution >= 0.6 is 0 Å². The van der Waals surface area contributed by atoms with Crippen molar-refractivity contribution in [1.82, 2.24) is 9.44 Å². The van der Waals surface area contributed by atoms with E-state index in [9.17, 15) is 26.7 Å². The first-order valence-electron chi connectivity index (χ1n) is 21.8. The zero-order valence-electron chi connectivity index (χ0n) is 33.5. The van der Waals surface area contributed by atoms with Gasteiger partial charge >= 0.3 is 5.97 Å². The summed E-state index contributed by atoms with van der Waals surface area (Å²) in [6, 6.07) is 0. The summed E-state index contributed by atoms with van der Waals surface area (Å²) in [7, 11) is -7.63. The highest BCUT2D eigenvalue weighted by molar-refractivity contribution is 7.90. The number of hydrogen-bond donors (Lipinski definition) is 3. The lowest BCUT2D eigenvalue weighted by atomic mass is 10.0. The monoisotopic (exact) mass is 765 g/mol. The molecule has 3 N–H and O–H groups in total. The van der Waals surface area contributed by atoms with E-state index < -0.39 is 38.6 Å². The molecule has 0 atom stereocenters. The number of carbonyl (C=O) groups is 1. The van der Waals surface area contributed by atoms with Crippen LogP contribution in [0.2, 0.25) is 0 Å². The minimum Gasteiger partial charge on any atom is -0.481 e. The summed E-state index contributed by atoms with van der Waals surface area (Å²) >= 11 is 0. The second-order valence-electron chi connectivity index (χ2n) is 15.3. The molecule has 0 rings (SSSR count). The number of hydrogen-bond acceptors (Lipinski definition) is 5. The van der Waals surface area contributed by atoms with Crippen molar-refractivity contribution in [2.45, 2.75) is 245 Å². The van der Waals surface area contributed by atoms with Crippen molar-refractivity contribution in [1.29, 1.82) is 0 Å². The summed E-state index contributed by atoms with van der Waals surface area (Å²) in [5.41, 5.74) is 0. The van der Waals surface area contributed by atoms with E-state index in [0.29, 0.717) is 12.8 Å². The molecule has 0 amide bonds. The first-order chi connectivity index (χ1) is 24.6. The summed E-state index contributed by atoms with van der Waals surface area (Å²) in [4.78, 5) is 11.4. The minimum absolute atomic E-state index is 0.136. The average Bonchev–Trinajstić information content (AvgIpc) is 3.06. The van der Waals surface area contributed by atoms with Crippen LogP contribution in [-0.2, 0) is 24.8 Å². The Balaban J connectivity index is 3.93. The Morgan fingerprint density at radius 1 is 0.392 bits per heavy atom. The quantitative estimate of drug-likeness (QED) is 0.0419. The molecule has 8 nitrogen and oxygen atoms in total. The van der Waals surface area contributed by atoms with Crippen molar-refractivity contribution in [3.05, 3.63) is 0 Å². The predicted molar refractivity (Wildman–Crippen MR) is 218 cm³/mol. The number of carboxylic acids is 1. The van der Waals surface area contributed by atoms with Gasteiger partial charge in [-0.1, -0.05) is 219 Å². The Labute approximate surface area is 317 Å². The smallest absolute Gasteiger partial charge is 0.306 e. The molecule has 0 aliphatic heterocycles. The molecule has 0 aromatic carbocycles. The SMILES string of the molecule is CCCCCCCCCCCCCCCCCCCS(=O)(=O)NC(CC(=O)O)NS(=O)(=O)CCCCCCCCCCCCCCCCCCC. The van der Waals surface area contributed by atoms with Gasteiger partial charge in [-0.2, -0.15) is 9.44 Å². The molecule has 0 fully saturated rings. The fourth-order valence-electron chi connectivity index (χ4n) is 6.87. The van der Waals surface area contributed by atoms with Gasteiger partial charge in [0.2, 0.25) is 20.0 Å². The van der Waals surface area contributed by atoms with Crippen molar-refractivity contribution >= 4 is 26.0 Å². The highest BCUT2D eigenvalue weighted by Crippen LogP contribution is 2.16. The third kappa shape index (κ3) is 38.8. The van der Waals surface area contributed by atoms with Gasteiger partial charge in [0.15, 0.2) is 0 Å². The van der Waals surface area contributed by atoms with Gasteiger partial charge in [0, 0.05) is 0 Å². The van der Waals surface area contributed by atoms with E-state index in [0.717, 1.165) is 38.5 Å². The topological polar surface area (TPSA) is 130 Å². The molecular weight excluding hydrogens is 681 g/mol. The second kappa shape index (κ2) is 36.3. The van der Waals surface area contributed by atoms with Gasteiger partial charge in [-0.25, -0.2) is 16.8 Å². The van der Waals surface area contributed by atoms with Gasteiger partial charge in [-0.15, -0.1) is 0 Å². The lowest BCUT2D eigenvalue weighted by Crippen LogP contribution is -2.50. The molecular formula is C41H84N2O6S2. The maximum Gasteiger partial charge on any atom is 0.306 e. The Kier molecular flexibility index (Phi) is 35.8. The van der Waals surface area contributed by atoms with Gasteiger partial charge in [0.05, 0.1) is 24.1 Å². The molecule has 10 heteroatoms. The van der Waals surface area contributed by atoms with Crippen LogP contribution in [0.15, 0.2) is 0 Å². The first kappa shape index (κ1) is 50.3. The predicted octanol–water partition coefficient (Wildman–Crippen LogP) is 11.9. The number of carboxylic acid groups (broad SMARTS) is 1. The van der Waals surface area contributed by atoms with E-state index in [1.807, 2.05) is 0 Å². The van der Waals surface area contributed by atoms with E-state index >= 15 is 0 Å². The lowest BCUT2D eigenvalue weighted by molar-refractivity contribution is -0.137. The number of aliphatic carboxylic acids is 1. The Morgan fingerprint density at radius 2 is 0.588 bits per heavy atom. The number of rotatable bonds is 42. The fraction of sp³-hybridized carbons (Fsp3) is 0.976. The van der Waals surface area contributed by atoms with Gasteiger partial charge in [0.25, 0.3) is 0 Å². The molecule has 0 heterocycles. The first-order valence-corrected chi connectivity index (χ1v) is 25.1. The van der Waals surface area contributed by atoms with Crippen molar-refractivity contribution in [3.8, 4) is 0 Å². The molecule has 0 aromatic rings. The number of unbranched alkanes of at least 4 members (excludes halogenated alkanes) is 32. The van der Waals surface area contributed by atoms with Crippen LogP contribution in [0.1, 0.15) is 239 Å². The number of nitrogens with one attached hydrogen (secondary N) is 2. The van der Waals surface area contributed by atoms with Crippen LogP contribution in [-0.4, -0.2) is 45.6 Å². The second-order valence-corrected chi connectivity index (χ2v) is 19.1. The summed E-state index contributed by atoms with van der Waals surface area (Å²) in [5, 5.41) is 9.27. The van der Waals surface area contributed by atoms with Crippen LogP contribution in [0.5, 0.6) is 0 Å². The van der Waals surface area contributed by atoms with E-state index in [1.54, 1.807) is 0 Å². The van der Waals surface area contributed by atoms with Crippen molar-refractivity contribution in [2.75, 3.05) is 11.5 Å². The zero-order chi connectivity index (χ0) is 37.7. The van der Waals surface area contributed by atoms with Crippen LogP contribution in [0, 0.1) is 0 Å². The van der Waals surface area contributed by atoms with Crippen molar-refractivity contribution in [3.63, 3.8) is 0 Å². The highest BCUT2D eigenvalue weighted by Gasteiger charge is 2.24. The molecule has 0 radical (unpaired) electrons. The molecule has 0 aromatic heterocycles. The molecule has 0 unspecified atom stereocenters. The third-order valence-corrected chi connectivity index (χ3v) is 13.0. The van der Waals surface area contributed by atoms with E-state index in [1.165, 1.54) is 167 Å². The summed E-state index contributed by atoms with van der Waals surface area (Å²) in [6.45, 7) is 4.52. The van der Waals surface area contributed by atoms with E-state index in [-0.39, 0.29) is 11.5 Å². The van der Waals surface area contributed by atoms with Crippen molar-refractivity contribution < 1.29 is 26.7 Å². The highest BCUT2D eigenvalue weighted by atomic mass is 32.2. The average molecular weight is 765 g/mol. The Morgan fingerprint density at radius 3 is 0.784 bits per heavy atom. The maximum absolute atomic E-state index is 12.7. The van der Waals surface area contributed by atoms with Crippen LogP contribution < -0.4 is 9.44 Å². The van der Waals surface area contributed by atoms with Crippen molar-refractivity contribution in [2.24, 2.45) is 0 Å². The Hall–Kier alpha value is -0.710. The van der Waals surface area contributed by atoms with Crippen LogP contribution in [0.25, 0.3) is 0 Å². The largest absolute Gasteiger partial charge is 0.481 e. The maximum atomic E-state index is 12.7. The molecule has 0 bridgehead atoms. The normalized spacial score (nSPS) is 12.3. The molecule has 0 saturated heterocycles. The lowest BCUT2D eigenvalue weighted by Gasteiger charge is -2.19. The van der Waals surface area contributed by atoms with Gasteiger partial charge in [-0.05, 0) is 12.8 Å².